The predicted molar refractivity (Wildman–Crippen MR) is 84.1 cm³/mol. The molecule has 0 saturated heterocycles. The molecule has 1 atom stereocenters. The van der Waals surface area contributed by atoms with Crippen LogP contribution in [0.1, 0.15) is 43.6 Å². The molecule has 1 heterocycles. The Labute approximate surface area is 132 Å². The molecule has 0 aliphatic carbocycles. The fourth-order valence-corrected chi connectivity index (χ4v) is 2.25. The lowest BCUT2D eigenvalue weighted by Crippen LogP contribution is -2.34. The molecule has 2 N–H and O–H groups in total. The second kappa shape index (κ2) is 8.54. The monoisotopic (exact) mass is 306 g/mol. The minimum absolute atomic E-state index is 0.0664. The van der Waals surface area contributed by atoms with E-state index in [1.807, 2.05) is 32.4 Å². The third-order valence-electron chi connectivity index (χ3n) is 3.85. The second-order valence-corrected chi connectivity index (χ2v) is 5.90. The fraction of sp³-hybridized carbons (Fsp3) is 0.688. The molecule has 122 valence electrons. The van der Waals surface area contributed by atoms with Crippen LogP contribution in [0.25, 0.3) is 0 Å². The first-order valence-electron chi connectivity index (χ1n) is 7.71. The lowest BCUT2D eigenvalue weighted by atomic mass is 10.1. The van der Waals surface area contributed by atoms with Gasteiger partial charge in [-0.25, -0.2) is 0 Å². The van der Waals surface area contributed by atoms with Gasteiger partial charge in [0, 0.05) is 18.7 Å². The Kier molecular flexibility index (Phi) is 7.06. The van der Waals surface area contributed by atoms with Crippen LogP contribution in [0.15, 0.2) is 0 Å². The van der Waals surface area contributed by atoms with Crippen LogP contribution in [-0.2, 0) is 17.8 Å². The number of hydrogen-bond acceptors (Lipinski definition) is 4. The van der Waals surface area contributed by atoms with Crippen molar-refractivity contribution in [1.29, 1.82) is 5.26 Å². The Balaban J connectivity index is 2.52. The van der Waals surface area contributed by atoms with E-state index in [0.717, 1.165) is 17.0 Å². The zero-order valence-corrected chi connectivity index (χ0v) is 13.9. The van der Waals surface area contributed by atoms with Gasteiger partial charge < -0.3 is 10.4 Å². The number of hydrogen-bond donors (Lipinski definition) is 2. The highest BCUT2D eigenvalue weighted by Gasteiger charge is 2.14. The molecule has 0 aromatic carbocycles. The Hall–Kier alpha value is -1.87. The minimum Gasteiger partial charge on any atom is -0.391 e. The first kappa shape index (κ1) is 18.2. The number of aromatic nitrogens is 2. The first-order valence-corrected chi connectivity index (χ1v) is 7.71. The van der Waals surface area contributed by atoms with Crippen molar-refractivity contribution in [3.8, 4) is 6.07 Å². The summed E-state index contributed by atoms with van der Waals surface area (Å²) < 4.78 is 1.83. The van der Waals surface area contributed by atoms with E-state index in [2.05, 4.69) is 16.5 Å². The van der Waals surface area contributed by atoms with Gasteiger partial charge in [0.1, 0.15) is 0 Å². The molecule has 0 radical (unpaired) electrons. The molecule has 6 nitrogen and oxygen atoms in total. The summed E-state index contributed by atoms with van der Waals surface area (Å²) in [6, 6.07) is 2.11. The number of amides is 1. The van der Waals surface area contributed by atoms with E-state index in [0.29, 0.717) is 25.8 Å². The van der Waals surface area contributed by atoms with Gasteiger partial charge >= 0.3 is 0 Å². The molecule has 6 heteroatoms. The van der Waals surface area contributed by atoms with Crippen molar-refractivity contribution in [3.05, 3.63) is 17.0 Å². The molecule has 1 amide bonds. The van der Waals surface area contributed by atoms with E-state index in [9.17, 15) is 9.90 Å². The molecule has 22 heavy (non-hydrogen) atoms. The van der Waals surface area contributed by atoms with Crippen LogP contribution in [0.4, 0.5) is 0 Å². The normalized spacial score (nSPS) is 12.2. The zero-order chi connectivity index (χ0) is 16.7. The highest BCUT2D eigenvalue weighted by molar-refractivity contribution is 5.76. The molecular weight excluding hydrogens is 280 g/mol. The van der Waals surface area contributed by atoms with E-state index in [1.54, 1.807) is 0 Å². The van der Waals surface area contributed by atoms with Gasteiger partial charge in [-0.15, -0.1) is 0 Å². The quantitative estimate of drug-likeness (QED) is 0.761. The highest BCUT2D eigenvalue weighted by atomic mass is 16.3. The van der Waals surface area contributed by atoms with Crippen LogP contribution in [0.3, 0.4) is 0 Å². The summed E-state index contributed by atoms with van der Waals surface area (Å²) in [4.78, 5) is 11.9. The zero-order valence-electron chi connectivity index (χ0n) is 13.9. The molecule has 0 spiro atoms. The molecule has 1 aromatic heterocycles. The van der Waals surface area contributed by atoms with Crippen molar-refractivity contribution < 1.29 is 9.90 Å². The average molecular weight is 306 g/mol. The van der Waals surface area contributed by atoms with E-state index in [4.69, 9.17) is 5.26 Å². The van der Waals surface area contributed by atoms with Crippen LogP contribution in [0.2, 0.25) is 0 Å². The maximum absolute atomic E-state index is 11.9. The number of rotatable bonds is 8. The van der Waals surface area contributed by atoms with Gasteiger partial charge in [-0.2, -0.15) is 10.4 Å². The second-order valence-electron chi connectivity index (χ2n) is 5.90. The van der Waals surface area contributed by atoms with Crippen molar-refractivity contribution in [3.63, 3.8) is 0 Å². The molecule has 0 saturated carbocycles. The smallest absolute Gasteiger partial charge is 0.220 e. The lowest BCUT2D eigenvalue weighted by Gasteiger charge is -2.15. The van der Waals surface area contributed by atoms with Crippen LogP contribution in [0, 0.1) is 31.1 Å². The summed E-state index contributed by atoms with van der Waals surface area (Å²) in [6.45, 7) is 8.59. The molecule has 0 aliphatic rings. The van der Waals surface area contributed by atoms with Crippen molar-refractivity contribution in [2.45, 2.75) is 59.6 Å². The first-order chi connectivity index (χ1) is 10.4. The summed E-state index contributed by atoms with van der Waals surface area (Å²) >= 11 is 0. The minimum atomic E-state index is -0.513. The standard InChI is InChI=1S/C16H26N4O2/c1-11(2)15(21)10-18-16(22)7-6-14-12(3)19-20(13(14)4)9-5-8-17/h11,15,21H,5-7,9-10H2,1-4H3,(H,18,22). The Morgan fingerprint density at radius 3 is 2.73 bits per heavy atom. The molecule has 0 aliphatic heterocycles. The maximum atomic E-state index is 11.9. The molecule has 1 rings (SSSR count). The molecule has 1 aromatic rings. The SMILES string of the molecule is Cc1nn(CCC#N)c(C)c1CCC(=O)NCC(O)C(C)C. The highest BCUT2D eigenvalue weighted by Crippen LogP contribution is 2.15. The molecule has 1 unspecified atom stereocenters. The topological polar surface area (TPSA) is 90.9 Å². The lowest BCUT2D eigenvalue weighted by molar-refractivity contribution is -0.121. The number of aryl methyl sites for hydroxylation is 2. The number of carbonyl (C=O) groups excluding carboxylic acids is 1. The van der Waals surface area contributed by atoms with Gasteiger partial charge in [0.15, 0.2) is 0 Å². The fourth-order valence-electron chi connectivity index (χ4n) is 2.25. The van der Waals surface area contributed by atoms with E-state index >= 15 is 0 Å². The summed E-state index contributed by atoms with van der Waals surface area (Å²) in [7, 11) is 0. The third-order valence-corrected chi connectivity index (χ3v) is 3.85. The Bertz CT molecular complexity index is 543. The van der Waals surface area contributed by atoms with Crippen LogP contribution in [0.5, 0.6) is 0 Å². The van der Waals surface area contributed by atoms with Gasteiger partial charge in [0.2, 0.25) is 5.91 Å². The maximum Gasteiger partial charge on any atom is 0.220 e. The predicted octanol–water partition coefficient (Wildman–Crippen LogP) is 1.48. The van der Waals surface area contributed by atoms with Crippen LogP contribution >= 0.6 is 0 Å². The van der Waals surface area contributed by atoms with Crippen LogP contribution < -0.4 is 5.32 Å². The van der Waals surface area contributed by atoms with Gasteiger partial charge in [-0.3, -0.25) is 9.48 Å². The van der Waals surface area contributed by atoms with E-state index < -0.39 is 6.10 Å². The van der Waals surface area contributed by atoms with E-state index in [1.165, 1.54) is 0 Å². The third kappa shape index (κ3) is 5.15. The van der Waals surface area contributed by atoms with Crippen molar-refractivity contribution in [2.75, 3.05) is 6.54 Å². The average Bonchev–Trinajstić information content (AvgIpc) is 2.74. The molecule has 0 bridgehead atoms. The van der Waals surface area contributed by atoms with Crippen molar-refractivity contribution in [1.82, 2.24) is 15.1 Å². The summed E-state index contributed by atoms with van der Waals surface area (Å²) in [6.07, 6.45) is 0.903. The molecule has 0 fully saturated rings. The number of aliphatic hydroxyl groups excluding tert-OH is 1. The van der Waals surface area contributed by atoms with Crippen LogP contribution in [-0.4, -0.2) is 33.4 Å². The number of nitriles is 1. The summed E-state index contributed by atoms with van der Waals surface area (Å²) in [5, 5.41) is 25.5. The van der Waals surface area contributed by atoms with E-state index in [-0.39, 0.29) is 18.4 Å². The van der Waals surface area contributed by atoms with Gasteiger partial charge in [0.25, 0.3) is 0 Å². The number of carbonyl (C=O) groups is 1. The number of nitrogens with one attached hydrogen (secondary N) is 1. The Morgan fingerprint density at radius 1 is 1.45 bits per heavy atom. The van der Waals surface area contributed by atoms with Crippen molar-refractivity contribution in [2.24, 2.45) is 5.92 Å². The Morgan fingerprint density at radius 2 is 2.14 bits per heavy atom. The van der Waals surface area contributed by atoms with Crippen molar-refractivity contribution >= 4 is 5.91 Å². The summed E-state index contributed by atoms with van der Waals surface area (Å²) in [5.41, 5.74) is 2.99. The number of aliphatic hydroxyl groups is 1. The number of nitrogens with zero attached hydrogens (tertiary/aromatic N) is 3. The van der Waals surface area contributed by atoms with Gasteiger partial charge in [-0.05, 0) is 31.7 Å². The van der Waals surface area contributed by atoms with Gasteiger partial charge in [-0.1, -0.05) is 13.8 Å². The summed E-state index contributed by atoms with van der Waals surface area (Å²) in [5.74, 6) is 0.0615. The molecular formula is C16H26N4O2. The van der Waals surface area contributed by atoms with Gasteiger partial charge in [0.05, 0.1) is 30.8 Å². The largest absolute Gasteiger partial charge is 0.391 e.